The number of hydrogen-bond acceptors (Lipinski definition) is 3. The number of rotatable bonds is 3. The molecule has 1 aromatic heterocycles. The zero-order chi connectivity index (χ0) is 14.7. The monoisotopic (exact) mass is 351 g/mol. The van der Waals surface area contributed by atoms with Gasteiger partial charge in [0.2, 0.25) is 0 Å². The summed E-state index contributed by atoms with van der Waals surface area (Å²) in [5.41, 5.74) is 1.69. The van der Waals surface area contributed by atoms with Crippen molar-refractivity contribution >= 4 is 15.9 Å². The van der Waals surface area contributed by atoms with Gasteiger partial charge < -0.3 is 5.32 Å². The highest BCUT2D eigenvalue weighted by molar-refractivity contribution is 9.10. The van der Waals surface area contributed by atoms with Gasteiger partial charge >= 0.3 is 0 Å². The topological polar surface area (TPSA) is 28.2 Å². The van der Waals surface area contributed by atoms with Crippen molar-refractivity contribution in [1.82, 2.24) is 15.2 Å². The molecule has 1 saturated carbocycles. The maximum absolute atomic E-state index is 4.32. The van der Waals surface area contributed by atoms with E-state index in [1.165, 1.54) is 50.6 Å². The molecule has 0 amide bonds. The molecule has 3 rings (SSSR count). The van der Waals surface area contributed by atoms with Gasteiger partial charge in [0, 0.05) is 48.1 Å². The van der Waals surface area contributed by atoms with Gasteiger partial charge in [0.15, 0.2) is 0 Å². The number of nitrogens with one attached hydrogen (secondary N) is 1. The Bertz CT molecular complexity index is 471. The van der Waals surface area contributed by atoms with Crippen LogP contribution < -0.4 is 5.32 Å². The van der Waals surface area contributed by atoms with E-state index >= 15 is 0 Å². The largest absolute Gasteiger partial charge is 0.308 e. The predicted molar refractivity (Wildman–Crippen MR) is 90.2 cm³/mol. The van der Waals surface area contributed by atoms with E-state index in [4.69, 9.17) is 0 Å². The molecule has 3 nitrogen and oxygen atoms in total. The maximum atomic E-state index is 4.32. The molecule has 116 valence electrons. The van der Waals surface area contributed by atoms with Crippen molar-refractivity contribution in [1.29, 1.82) is 0 Å². The molecule has 0 aromatic carbocycles. The van der Waals surface area contributed by atoms with Crippen LogP contribution in [0.3, 0.4) is 0 Å². The van der Waals surface area contributed by atoms with Crippen molar-refractivity contribution in [3.63, 3.8) is 0 Å². The molecule has 1 N–H and O–H groups in total. The normalized spacial score (nSPS) is 26.1. The summed E-state index contributed by atoms with van der Waals surface area (Å²) < 4.78 is 1.08. The molecule has 1 aromatic rings. The van der Waals surface area contributed by atoms with Crippen LogP contribution in [0.1, 0.15) is 51.0 Å². The van der Waals surface area contributed by atoms with E-state index in [2.05, 4.69) is 44.1 Å². The van der Waals surface area contributed by atoms with Crippen LogP contribution in [0.15, 0.2) is 22.9 Å². The van der Waals surface area contributed by atoms with E-state index in [9.17, 15) is 0 Å². The third kappa shape index (κ3) is 3.66. The molecule has 1 atom stereocenters. The number of pyridine rings is 1. The summed E-state index contributed by atoms with van der Waals surface area (Å²) in [5.74, 6) is 0. The fraction of sp³-hybridized carbons (Fsp3) is 0.706. The van der Waals surface area contributed by atoms with E-state index < -0.39 is 0 Å². The van der Waals surface area contributed by atoms with Gasteiger partial charge in [0.05, 0.1) is 0 Å². The molecule has 4 heteroatoms. The van der Waals surface area contributed by atoms with Gasteiger partial charge in [-0.05, 0) is 46.8 Å². The van der Waals surface area contributed by atoms with Crippen LogP contribution in [-0.4, -0.2) is 34.6 Å². The van der Waals surface area contributed by atoms with Crippen molar-refractivity contribution < 1.29 is 0 Å². The Hall–Kier alpha value is -0.450. The molecule has 2 heterocycles. The minimum atomic E-state index is 0.378. The van der Waals surface area contributed by atoms with Crippen LogP contribution in [0.25, 0.3) is 0 Å². The zero-order valence-electron chi connectivity index (χ0n) is 12.9. The highest BCUT2D eigenvalue weighted by Crippen LogP contribution is 2.33. The van der Waals surface area contributed by atoms with Crippen molar-refractivity contribution in [3.8, 4) is 0 Å². The fourth-order valence-electron chi connectivity index (χ4n) is 3.96. The molecular weight excluding hydrogens is 326 g/mol. The Balaban J connectivity index is 1.73. The van der Waals surface area contributed by atoms with E-state index in [0.29, 0.717) is 11.6 Å². The molecule has 21 heavy (non-hydrogen) atoms. The second-order valence-electron chi connectivity index (χ2n) is 6.70. The third-order valence-electron chi connectivity index (χ3n) is 5.16. The summed E-state index contributed by atoms with van der Waals surface area (Å²) in [7, 11) is 0. The zero-order valence-corrected chi connectivity index (χ0v) is 14.5. The quantitative estimate of drug-likeness (QED) is 0.899. The SMILES string of the molecule is CCC1CNC2(CCCCC2)CN1Cc1cncc(Br)c1. The van der Waals surface area contributed by atoms with E-state index in [0.717, 1.165) is 17.6 Å². The van der Waals surface area contributed by atoms with Gasteiger partial charge in [-0.1, -0.05) is 26.2 Å². The second-order valence-corrected chi connectivity index (χ2v) is 7.62. The highest BCUT2D eigenvalue weighted by atomic mass is 79.9. The van der Waals surface area contributed by atoms with Crippen molar-refractivity contribution in [3.05, 3.63) is 28.5 Å². The summed E-state index contributed by atoms with van der Waals surface area (Å²) in [6.45, 7) is 5.65. The average Bonchev–Trinajstić information content (AvgIpc) is 2.48. The van der Waals surface area contributed by atoms with Crippen molar-refractivity contribution in [2.45, 2.75) is 63.6 Å². The highest BCUT2D eigenvalue weighted by Gasteiger charge is 2.39. The summed E-state index contributed by atoms with van der Waals surface area (Å²) in [6, 6.07) is 2.85. The number of hydrogen-bond donors (Lipinski definition) is 1. The van der Waals surface area contributed by atoms with Crippen molar-refractivity contribution in [2.75, 3.05) is 13.1 Å². The Morgan fingerprint density at radius 1 is 1.33 bits per heavy atom. The molecule has 1 aliphatic carbocycles. The number of aromatic nitrogens is 1. The van der Waals surface area contributed by atoms with Crippen LogP contribution in [0.5, 0.6) is 0 Å². The van der Waals surface area contributed by atoms with Gasteiger partial charge in [0.1, 0.15) is 0 Å². The Morgan fingerprint density at radius 3 is 2.86 bits per heavy atom. The number of nitrogens with zero attached hydrogens (tertiary/aromatic N) is 2. The standard InChI is InChI=1S/C17H26BrN3/c1-2-16-11-20-17(6-4-3-5-7-17)13-21(16)12-14-8-15(18)10-19-9-14/h8-10,16,20H,2-7,11-13H2,1H3. The molecule has 2 aliphatic rings. The first-order valence-electron chi connectivity index (χ1n) is 8.29. The molecule has 1 spiro atoms. The molecule has 1 aliphatic heterocycles. The third-order valence-corrected chi connectivity index (χ3v) is 5.60. The lowest BCUT2D eigenvalue weighted by molar-refractivity contribution is 0.0483. The molecule has 1 unspecified atom stereocenters. The van der Waals surface area contributed by atoms with Gasteiger partial charge in [-0.25, -0.2) is 0 Å². The fourth-order valence-corrected chi connectivity index (χ4v) is 4.38. The lowest BCUT2D eigenvalue weighted by Gasteiger charge is -2.49. The number of halogens is 1. The van der Waals surface area contributed by atoms with Crippen molar-refractivity contribution in [2.24, 2.45) is 0 Å². The van der Waals surface area contributed by atoms with Gasteiger partial charge in [-0.15, -0.1) is 0 Å². The van der Waals surface area contributed by atoms with Crippen LogP contribution in [0.2, 0.25) is 0 Å². The van der Waals surface area contributed by atoms with E-state index in [1.807, 2.05) is 12.4 Å². The van der Waals surface area contributed by atoms with E-state index in [-0.39, 0.29) is 0 Å². The predicted octanol–water partition coefficient (Wildman–Crippen LogP) is 3.73. The Morgan fingerprint density at radius 2 is 2.14 bits per heavy atom. The van der Waals surface area contributed by atoms with Crippen LogP contribution >= 0.6 is 15.9 Å². The Kier molecular flexibility index (Phi) is 4.97. The van der Waals surface area contributed by atoms with Crippen LogP contribution in [-0.2, 0) is 6.54 Å². The maximum Gasteiger partial charge on any atom is 0.0410 e. The summed E-state index contributed by atoms with van der Waals surface area (Å²) >= 11 is 3.54. The summed E-state index contributed by atoms with van der Waals surface area (Å²) in [5, 5.41) is 3.90. The first kappa shape index (κ1) is 15.4. The smallest absolute Gasteiger partial charge is 0.0410 e. The lowest BCUT2D eigenvalue weighted by atomic mass is 9.79. The molecule has 0 radical (unpaired) electrons. The van der Waals surface area contributed by atoms with E-state index in [1.54, 1.807) is 0 Å². The van der Waals surface area contributed by atoms with Gasteiger partial charge in [0.25, 0.3) is 0 Å². The molecule has 0 bridgehead atoms. The molecule has 2 fully saturated rings. The average molecular weight is 352 g/mol. The van der Waals surface area contributed by atoms with Crippen LogP contribution in [0, 0.1) is 0 Å². The van der Waals surface area contributed by atoms with Crippen LogP contribution in [0.4, 0.5) is 0 Å². The first-order valence-corrected chi connectivity index (χ1v) is 9.09. The lowest BCUT2D eigenvalue weighted by Crippen LogP contribution is -2.64. The summed E-state index contributed by atoms with van der Waals surface area (Å²) in [4.78, 5) is 7.00. The number of piperazine rings is 1. The Labute approximate surface area is 136 Å². The van der Waals surface area contributed by atoms with Gasteiger partial charge in [-0.3, -0.25) is 9.88 Å². The minimum Gasteiger partial charge on any atom is -0.308 e. The first-order chi connectivity index (χ1) is 10.2. The molecular formula is C17H26BrN3. The summed E-state index contributed by atoms with van der Waals surface area (Å²) in [6.07, 6.45) is 12.0. The second kappa shape index (κ2) is 6.76. The minimum absolute atomic E-state index is 0.378. The molecule has 1 saturated heterocycles. The van der Waals surface area contributed by atoms with Gasteiger partial charge in [-0.2, -0.15) is 0 Å².